The Hall–Kier alpha value is -2.31. The molecule has 1 unspecified atom stereocenters. The van der Waals surface area contributed by atoms with Gasteiger partial charge in [-0.3, -0.25) is 9.59 Å². The van der Waals surface area contributed by atoms with Crippen LogP contribution >= 0.6 is 0 Å². The van der Waals surface area contributed by atoms with Crippen LogP contribution in [0.15, 0.2) is 6.07 Å². The predicted octanol–water partition coefficient (Wildman–Crippen LogP) is 0.438. The van der Waals surface area contributed by atoms with E-state index in [-0.39, 0.29) is 29.6 Å². The fourth-order valence-corrected chi connectivity index (χ4v) is 2.13. The monoisotopic (exact) mass is 265 g/mol. The summed E-state index contributed by atoms with van der Waals surface area (Å²) in [5.41, 5.74) is 0.827. The number of nitrogens with zero attached hydrogens (tertiary/aromatic N) is 1. The van der Waals surface area contributed by atoms with E-state index >= 15 is 0 Å². The maximum absolute atomic E-state index is 12.0. The van der Waals surface area contributed by atoms with E-state index < -0.39 is 11.9 Å². The lowest BCUT2D eigenvalue weighted by Crippen LogP contribution is -2.26. The maximum atomic E-state index is 12.0. The van der Waals surface area contributed by atoms with Gasteiger partial charge in [-0.1, -0.05) is 0 Å². The Morgan fingerprint density at radius 3 is 2.74 bits per heavy atom. The smallest absolute Gasteiger partial charge is 0.354 e. The van der Waals surface area contributed by atoms with Crippen LogP contribution in [0.25, 0.3) is 0 Å². The van der Waals surface area contributed by atoms with Gasteiger partial charge in [-0.05, 0) is 13.0 Å². The summed E-state index contributed by atoms with van der Waals surface area (Å²) in [5, 5.41) is 11.6. The van der Waals surface area contributed by atoms with E-state index in [0.29, 0.717) is 12.2 Å². The van der Waals surface area contributed by atoms with E-state index in [1.165, 1.54) is 4.90 Å². The Morgan fingerprint density at radius 1 is 1.53 bits per heavy atom. The van der Waals surface area contributed by atoms with Crippen molar-refractivity contribution in [2.24, 2.45) is 5.92 Å². The summed E-state index contributed by atoms with van der Waals surface area (Å²) in [5.74, 6) is -1.99. The lowest BCUT2D eigenvalue weighted by Gasteiger charge is -2.10. The lowest BCUT2D eigenvalue weighted by molar-refractivity contribution is -0.127. The minimum atomic E-state index is -1.14. The summed E-state index contributed by atoms with van der Waals surface area (Å²) in [6, 6.07) is 1.56. The minimum Gasteiger partial charge on any atom is -0.477 e. The van der Waals surface area contributed by atoms with Crippen LogP contribution in [-0.4, -0.2) is 46.4 Å². The number of carbonyl (C=O) groups excluding carboxylic acids is 2. The second-order valence-electron chi connectivity index (χ2n) is 4.71. The molecule has 1 saturated heterocycles. The zero-order valence-electron chi connectivity index (χ0n) is 10.7. The zero-order valence-corrected chi connectivity index (χ0v) is 10.7. The average molecular weight is 265 g/mol. The molecule has 1 aromatic heterocycles. The van der Waals surface area contributed by atoms with Crippen LogP contribution in [0.5, 0.6) is 0 Å². The van der Waals surface area contributed by atoms with Gasteiger partial charge >= 0.3 is 5.97 Å². The molecule has 0 saturated carbocycles. The second-order valence-corrected chi connectivity index (χ2v) is 4.71. The Morgan fingerprint density at radius 2 is 2.21 bits per heavy atom. The number of aromatic nitrogens is 1. The molecule has 0 bridgehead atoms. The predicted molar refractivity (Wildman–Crippen MR) is 66.9 cm³/mol. The van der Waals surface area contributed by atoms with Crippen LogP contribution in [0.3, 0.4) is 0 Å². The Labute approximate surface area is 109 Å². The number of carbonyl (C=O) groups is 3. The largest absolute Gasteiger partial charge is 0.477 e. The summed E-state index contributed by atoms with van der Waals surface area (Å²) >= 11 is 0. The number of H-pyrrole nitrogens is 1. The van der Waals surface area contributed by atoms with Crippen LogP contribution in [0.1, 0.15) is 22.6 Å². The first-order valence-electron chi connectivity index (χ1n) is 5.86. The average Bonchev–Trinajstić information content (AvgIpc) is 2.83. The molecule has 2 amide bonds. The molecule has 3 N–H and O–H groups in total. The maximum Gasteiger partial charge on any atom is 0.354 e. The number of aromatic amines is 1. The fourth-order valence-electron chi connectivity index (χ4n) is 2.13. The van der Waals surface area contributed by atoms with E-state index in [0.717, 1.165) is 0 Å². The first-order chi connectivity index (χ1) is 8.88. The van der Waals surface area contributed by atoms with Crippen LogP contribution in [-0.2, 0) is 9.59 Å². The minimum absolute atomic E-state index is 0.0523. The Bertz CT molecular complexity index is 549. The second kappa shape index (κ2) is 4.75. The van der Waals surface area contributed by atoms with E-state index in [9.17, 15) is 14.4 Å². The van der Waals surface area contributed by atoms with Gasteiger partial charge in [0.1, 0.15) is 5.69 Å². The molecule has 1 aliphatic rings. The van der Waals surface area contributed by atoms with Crippen molar-refractivity contribution in [1.82, 2.24) is 9.88 Å². The van der Waals surface area contributed by atoms with Gasteiger partial charge in [0, 0.05) is 25.7 Å². The molecule has 0 aliphatic carbocycles. The number of likely N-dealkylation sites (tertiary alicyclic amines) is 1. The van der Waals surface area contributed by atoms with Crippen molar-refractivity contribution >= 4 is 23.5 Å². The van der Waals surface area contributed by atoms with Gasteiger partial charge < -0.3 is 20.3 Å². The van der Waals surface area contributed by atoms with Gasteiger partial charge in [-0.2, -0.15) is 0 Å². The SMILES string of the molecule is Cc1cc(NC(=O)C2CC(=O)N(C)C2)c(C(=O)O)[nH]1. The molecular formula is C12H15N3O4. The highest BCUT2D eigenvalue weighted by Gasteiger charge is 2.32. The van der Waals surface area contributed by atoms with Gasteiger partial charge in [-0.25, -0.2) is 4.79 Å². The number of carboxylic acids is 1. The first kappa shape index (κ1) is 13.1. The number of hydrogen-bond acceptors (Lipinski definition) is 3. The molecule has 0 aromatic carbocycles. The van der Waals surface area contributed by atoms with E-state index in [4.69, 9.17) is 5.11 Å². The topological polar surface area (TPSA) is 102 Å². The third-order valence-corrected chi connectivity index (χ3v) is 3.14. The summed E-state index contributed by atoms with van der Waals surface area (Å²) in [4.78, 5) is 38.5. The number of anilines is 1. The first-order valence-corrected chi connectivity index (χ1v) is 5.86. The molecule has 7 nitrogen and oxygen atoms in total. The van der Waals surface area contributed by atoms with Crippen LogP contribution in [0, 0.1) is 12.8 Å². The number of hydrogen-bond donors (Lipinski definition) is 3. The number of aromatic carboxylic acids is 1. The summed E-state index contributed by atoms with van der Waals surface area (Å²) in [7, 11) is 1.64. The molecule has 7 heteroatoms. The van der Waals surface area contributed by atoms with Gasteiger partial charge in [0.25, 0.3) is 0 Å². The van der Waals surface area contributed by atoms with Crippen molar-refractivity contribution in [3.8, 4) is 0 Å². The van der Waals surface area contributed by atoms with Crippen molar-refractivity contribution in [3.63, 3.8) is 0 Å². The molecule has 2 rings (SSSR count). The van der Waals surface area contributed by atoms with Gasteiger partial charge in [-0.15, -0.1) is 0 Å². The number of rotatable bonds is 3. The molecular weight excluding hydrogens is 250 g/mol. The third-order valence-electron chi connectivity index (χ3n) is 3.14. The molecule has 1 aromatic rings. The lowest BCUT2D eigenvalue weighted by atomic mass is 10.1. The number of aryl methyl sites for hydroxylation is 1. The third kappa shape index (κ3) is 2.59. The standard InChI is InChI=1S/C12H15N3O4/c1-6-3-8(10(13-6)12(18)19)14-11(17)7-4-9(16)15(2)5-7/h3,7,13H,4-5H2,1-2H3,(H,14,17)(H,18,19). The number of nitrogens with one attached hydrogen (secondary N) is 2. The highest BCUT2D eigenvalue weighted by Crippen LogP contribution is 2.21. The summed E-state index contributed by atoms with van der Waals surface area (Å²) in [6.07, 6.45) is 0.161. The van der Waals surface area contributed by atoms with E-state index in [1.807, 2.05) is 0 Å². The van der Waals surface area contributed by atoms with Crippen molar-refractivity contribution in [2.45, 2.75) is 13.3 Å². The summed E-state index contributed by atoms with van der Waals surface area (Å²) in [6.45, 7) is 2.06. The quantitative estimate of drug-likeness (QED) is 0.737. The number of amides is 2. The highest BCUT2D eigenvalue weighted by atomic mass is 16.4. The van der Waals surface area contributed by atoms with Crippen molar-refractivity contribution in [2.75, 3.05) is 18.9 Å². The molecule has 0 spiro atoms. The van der Waals surface area contributed by atoms with Crippen molar-refractivity contribution < 1.29 is 19.5 Å². The van der Waals surface area contributed by atoms with Gasteiger partial charge in [0.05, 0.1) is 11.6 Å². The fraction of sp³-hybridized carbons (Fsp3) is 0.417. The summed E-state index contributed by atoms with van der Waals surface area (Å²) < 4.78 is 0. The van der Waals surface area contributed by atoms with Crippen molar-refractivity contribution in [3.05, 3.63) is 17.5 Å². The van der Waals surface area contributed by atoms with Crippen molar-refractivity contribution in [1.29, 1.82) is 0 Å². The van der Waals surface area contributed by atoms with Crippen LogP contribution < -0.4 is 5.32 Å². The van der Waals surface area contributed by atoms with Gasteiger partial charge in [0.15, 0.2) is 0 Å². The van der Waals surface area contributed by atoms with Gasteiger partial charge in [0.2, 0.25) is 11.8 Å². The highest BCUT2D eigenvalue weighted by molar-refractivity contribution is 6.02. The van der Waals surface area contributed by atoms with Crippen LogP contribution in [0.4, 0.5) is 5.69 Å². The Kier molecular flexibility index (Phi) is 3.28. The molecule has 1 fully saturated rings. The van der Waals surface area contributed by atoms with Crippen LogP contribution in [0.2, 0.25) is 0 Å². The zero-order chi connectivity index (χ0) is 14.2. The molecule has 0 radical (unpaired) electrons. The normalized spacial score (nSPS) is 18.7. The molecule has 19 heavy (non-hydrogen) atoms. The van der Waals surface area contributed by atoms with E-state index in [2.05, 4.69) is 10.3 Å². The van der Waals surface area contributed by atoms with E-state index in [1.54, 1.807) is 20.0 Å². The molecule has 1 atom stereocenters. The number of carboxylic acid groups (broad SMARTS) is 1. The molecule has 102 valence electrons. The Balaban J connectivity index is 2.11. The molecule has 1 aliphatic heterocycles. The molecule has 2 heterocycles.